The van der Waals surface area contributed by atoms with Crippen LogP contribution in [0.5, 0.6) is 0 Å². The molecular formula is C17H19NO4S2. The maximum atomic E-state index is 12.8. The van der Waals surface area contributed by atoms with Gasteiger partial charge in [0.15, 0.2) is 9.84 Å². The molecule has 1 fully saturated rings. The number of sulfone groups is 1. The molecule has 128 valence electrons. The van der Waals surface area contributed by atoms with Crippen LogP contribution in [0.2, 0.25) is 0 Å². The maximum Gasteiger partial charge on any atom is 0.242 e. The van der Waals surface area contributed by atoms with Crippen LogP contribution in [0.1, 0.15) is 24.4 Å². The summed E-state index contributed by atoms with van der Waals surface area (Å²) in [4.78, 5) is -0.380. The highest BCUT2D eigenvalue weighted by Gasteiger charge is 2.36. The summed E-state index contributed by atoms with van der Waals surface area (Å²) in [6.45, 7) is 0. The topological polar surface area (TPSA) is 80.3 Å². The average Bonchev–Trinajstić information content (AvgIpc) is 3.37. The van der Waals surface area contributed by atoms with Crippen molar-refractivity contribution >= 4 is 19.9 Å². The number of benzene rings is 2. The lowest BCUT2D eigenvalue weighted by Crippen LogP contribution is -2.31. The van der Waals surface area contributed by atoms with Crippen molar-refractivity contribution in [3.05, 3.63) is 60.2 Å². The molecule has 24 heavy (non-hydrogen) atoms. The fourth-order valence-corrected chi connectivity index (χ4v) is 5.66. The smallest absolute Gasteiger partial charge is 0.224 e. The fourth-order valence-electron chi connectivity index (χ4n) is 2.74. The minimum atomic E-state index is -3.96. The molecule has 2 aromatic rings. The summed E-state index contributed by atoms with van der Waals surface area (Å²) in [6.07, 6.45) is 2.92. The third-order valence-corrected chi connectivity index (χ3v) is 6.86. The molecule has 1 aliphatic carbocycles. The average molecular weight is 365 g/mol. The van der Waals surface area contributed by atoms with Crippen LogP contribution < -0.4 is 4.72 Å². The highest BCUT2D eigenvalue weighted by molar-refractivity contribution is 7.93. The van der Waals surface area contributed by atoms with E-state index in [1.165, 1.54) is 24.3 Å². The molecule has 5 nitrogen and oxygen atoms in total. The Labute approximate surface area is 142 Å². The molecule has 0 spiro atoms. The Balaban J connectivity index is 2.00. The van der Waals surface area contributed by atoms with Crippen LogP contribution in [-0.4, -0.2) is 23.1 Å². The molecule has 0 heterocycles. The van der Waals surface area contributed by atoms with Gasteiger partial charge in [0.05, 0.1) is 4.90 Å². The van der Waals surface area contributed by atoms with Crippen molar-refractivity contribution in [3.63, 3.8) is 0 Å². The lowest BCUT2D eigenvalue weighted by atomic mass is 10.0. The van der Waals surface area contributed by atoms with E-state index in [0.717, 1.165) is 24.7 Å². The predicted molar refractivity (Wildman–Crippen MR) is 91.8 cm³/mol. The van der Waals surface area contributed by atoms with Gasteiger partial charge in [-0.3, -0.25) is 0 Å². The zero-order chi connectivity index (χ0) is 17.4. The molecule has 1 aliphatic rings. The summed E-state index contributed by atoms with van der Waals surface area (Å²) in [5.41, 5.74) is 0.889. The van der Waals surface area contributed by atoms with Crippen LogP contribution in [0, 0.1) is 5.92 Å². The van der Waals surface area contributed by atoms with E-state index < -0.39 is 19.9 Å². The summed E-state index contributed by atoms with van der Waals surface area (Å²) >= 11 is 0. The second kappa shape index (κ2) is 6.31. The van der Waals surface area contributed by atoms with Crippen LogP contribution >= 0.6 is 0 Å². The maximum absolute atomic E-state index is 12.8. The van der Waals surface area contributed by atoms with E-state index in [2.05, 4.69) is 4.72 Å². The highest BCUT2D eigenvalue weighted by atomic mass is 32.2. The van der Waals surface area contributed by atoms with E-state index in [1.54, 1.807) is 0 Å². The van der Waals surface area contributed by atoms with Gasteiger partial charge in [0.25, 0.3) is 0 Å². The van der Waals surface area contributed by atoms with Crippen molar-refractivity contribution in [2.45, 2.75) is 28.7 Å². The van der Waals surface area contributed by atoms with Gasteiger partial charge in [0.2, 0.25) is 10.0 Å². The van der Waals surface area contributed by atoms with E-state index in [9.17, 15) is 16.8 Å². The van der Waals surface area contributed by atoms with Gasteiger partial charge in [-0.25, -0.2) is 21.6 Å². The lowest BCUT2D eigenvalue weighted by Gasteiger charge is -2.19. The summed E-state index contributed by atoms with van der Waals surface area (Å²) in [5, 5.41) is 0. The Kier molecular flexibility index (Phi) is 4.50. The van der Waals surface area contributed by atoms with E-state index in [-0.39, 0.29) is 21.8 Å². The van der Waals surface area contributed by atoms with Gasteiger partial charge in [-0.15, -0.1) is 0 Å². The molecule has 2 aromatic carbocycles. The third-order valence-electron chi connectivity index (χ3n) is 4.07. The lowest BCUT2D eigenvalue weighted by molar-refractivity contribution is 0.526. The van der Waals surface area contributed by atoms with Crippen LogP contribution in [0.25, 0.3) is 0 Å². The van der Waals surface area contributed by atoms with Crippen LogP contribution in [0.15, 0.2) is 64.4 Å². The molecule has 1 saturated carbocycles. The number of sulfonamides is 1. The standard InChI is InChI=1S/C17H19NO4S2/c1-23(19,20)15-9-5-6-10-16(15)24(21,22)18-17(14-11-12-14)13-7-3-2-4-8-13/h2-10,14,17-18H,11-12H2,1H3/t17-/m1/s1. The van der Waals surface area contributed by atoms with E-state index in [1.807, 2.05) is 30.3 Å². The van der Waals surface area contributed by atoms with Gasteiger partial charge in [-0.1, -0.05) is 42.5 Å². The minimum Gasteiger partial charge on any atom is -0.224 e. The van der Waals surface area contributed by atoms with Crippen molar-refractivity contribution in [1.29, 1.82) is 0 Å². The van der Waals surface area contributed by atoms with E-state index in [0.29, 0.717) is 0 Å². The Hall–Kier alpha value is -1.70. The largest absolute Gasteiger partial charge is 0.242 e. The third kappa shape index (κ3) is 3.68. The number of rotatable bonds is 6. The molecule has 1 N–H and O–H groups in total. The molecule has 0 aliphatic heterocycles. The Morgan fingerprint density at radius 3 is 1.96 bits per heavy atom. The van der Waals surface area contributed by atoms with Gasteiger partial charge < -0.3 is 0 Å². The second-order valence-electron chi connectivity index (χ2n) is 6.07. The van der Waals surface area contributed by atoms with Gasteiger partial charge >= 0.3 is 0 Å². The fraction of sp³-hybridized carbons (Fsp3) is 0.294. The van der Waals surface area contributed by atoms with Crippen LogP contribution in [0.3, 0.4) is 0 Å². The van der Waals surface area contributed by atoms with Crippen molar-refractivity contribution in [3.8, 4) is 0 Å². The molecule has 0 aromatic heterocycles. The summed E-state index contributed by atoms with van der Waals surface area (Å²) in [6, 6.07) is 14.7. The molecule has 0 radical (unpaired) electrons. The normalized spacial score (nSPS) is 16.7. The van der Waals surface area contributed by atoms with Crippen molar-refractivity contribution < 1.29 is 16.8 Å². The Morgan fingerprint density at radius 1 is 0.875 bits per heavy atom. The molecule has 3 rings (SSSR count). The van der Waals surface area contributed by atoms with Crippen LogP contribution in [-0.2, 0) is 19.9 Å². The predicted octanol–water partition coefficient (Wildman–Crippen LogP) is 2.52. The first-order valence-electron chi connectivity index (χ1n) is 7.65. The number of hydrogen-bond donors (Lipinski definition) is 1. The number of hydrogen-bond acceptors (Lipinski definition) is 4. The summed E-state index contributed by atoms with van der Waals surface area (Å²) < 4.78 is 52.2. The van der Waals surface area contributed by atoms with Gasteiger partial charge in [-0.2, -0.15) is 0 Å². The first-order valence-corrected chi connectivity index (χ1v) is 11.0. The van der Waals surface area contributed by atoms with Crippen molar-refractivity contribution in [2.24, 2.45) is 5.92 Å². The Bertz CT molecular complexity index is 934. The van der Waals surface area contributed by atoms with Crippen LogP contribution in [0.4, 0.5) is 0 Å². The van der Waals surface area contributed by atoms with Gasteiger partial charge in [-0.05, 0) is 36.5 Å². The van der Waals surface area contributed by atoms with Crippen molar-refractivity contribution in [2.75, 3.05) is 6.26 Å². The van der Waals surface area contributed by atoms with E-state index >= 15 is 0 Å². The van der Waals surface area contributed by atoms with E-state index in [4.69, 9.17) is 0 Å². The summed E-state index contributed by atoms with van der Waals surface area (Å²) in [5.74, 6) is 0.243. The highest BCUT2D eigenvalue weighted by Crippen LogP contribution is 2.41. The molecule has 1 atom stereocenters. The minimum absolute atomic E-state index is 0.180. The SMILES string of the molecule is CS(=O)(=O)c1ccccc1S(=O)(=O)N[C@H](c1ccccc1)C1CC1. The molecule has 7 heteroatoms. The first kappa shape index (κ1) is 17.1. The summed E-state index contributed by atoms with van der Waals surface area (Å²) in [7, 11) is -7.60. The molecule has 0 saturated heterocycles. The monoisotopic (exact) mass is 365 g/mol. The first-order chi connectivity index (χ1) is 11.3. The second-order valence-corrected chi connectivity index (χ2v) is 9.73. The van der Waals surface area contributed by atoms with Crippen molar-refractivity contribution in [1.82, 2.24) is 4.72 Å². The quantitative estimate of drug-likeness (QED) is 0.853. The molecule has 0 bridgehead atoms. The van der Waals surface area contributed by atoms with Gasteiger partial charge in [0, 0.05) is 12.3 Å². The zero-order valence-corrected chi connectivity index (χ0v) is 14.8. The number of nitrogens with one attached hydrogen (secondary N) is 1. The Morgan fingerprint density at radius 2 is 1.42 bits per heavy atom. The molecule has 0 unspecified atom stereocenters. The molecular weight excluding hydrogens is 346 g/mol. The van der Waals surface area contributed by atoms with Gasteiger partial charge in [0.1, 0.15) is 4.90 Å². The molecule has 0 amide bonds. The zero-order valence-electron chi connectivity index (χ0n) is 13.2.